The summed E-state index contributed by atoms with van der Waals surface area (Å²) in [6.07, 6.45) is 2.34. The maximum absolute atomic E-state index is 13.4. The van der Waals surface area contributed by atoms with Crippen molar-refractivity contribution in [1.29, 1.82) is 0 Å². The number of anilines is 1. The first-order valence-corrected chi connectivity index (χ1v) is 13.8. The average Bonchev–Trinajstić information content (AvgIpc) is 3.19. The van der Waals surface area contributed by atoms with Crippen molar-refractivity contribution in [1.82, 2.24) is 9.55 Å². The molecule has 0 spiro atoms. The molecule has 0 atom stereocenters. The molecular weight excluding hydrogens is 522 g/mol. The zero-order valence-corrected chi connectivity index (χ0v) is 20.6. The van der Waals surface area contributed by atoms with Crippen LogP contribution in [-0.2, 0) is 21.1 Å². The number of aromatic nitrogens is 2. The first-order chi connectivity index (χ1) is 16.0. The van der Waals surface area contributed by atoms with Gasteiger partial charge in [-0.05, 0) is 60.2 Å². The molecule has 2 aromatic carbocycles. The molecule has 4 aromatic rings. The summed E-state index contributed by atoms with van der Waals surface area (Å²) in [6, 6.07) is 13.7. The normalized spacial score (nSPS) is 12.3. The third kappa shape index (κ3) is 5.13. The van der Waals surface area contributed by atoms with Crippen LogP contribution in [0.15, 0.2) is 71.9 Å². The van der Waals surface area contributed by atoms with E-state index in [1.54, 1.807) is 35.2 Å². The van der Waals surface area contributed by atoms with Crippen LogP contribution in [0.25, 0.3) is 16.7 Å². The van der Waals surface area contributed by atoms with E-state index in [4.69, 9.17) is 28.9 Å². The van der Waals surface area contributed by atoms with Gasteiger partial charge < -0.3 is 20.1 Å². The Balaban J connectivity index is 1.83. The Hall–Kier alpha value is -2.43. The lowest BCUT2D eigenvalue weighted by Crippen LogP contribution is -2.32. The van der Waals surface area contributed by atoms with Crippen LogP contribution < -0.4 is 10.0 Å². The van der Waals surface area contributed by atoms with Gasteiger partial charge in [-0.25, -0.2) is 13.4 Å². The summed E-state index contributed by atoms with van der Waals surface area (Å²) in [5, 5.41) is 0.774. The van der Waals surface area contributed by atoms with Gasteiger partial charge in [0.25, 0.3) is 10.0 Å². The number of sulfonamides is 1. The van der Waals surface area contributed by atoms with E-state index in [-0.39, 0.29) is 20.6 Å². The number of fused-ring (bicyclic) bond motifs is 1. The van der Waals surface area contributed by atoms with Crippen molar-refractivity contribution in [2.24, 2.45) is 5.73 Å². The Bertz CT molecular complexity index is 1520. The van der Waals surface area contributed by atoms with Crippen molar-refractivity contribution >= 4 is 57.4 Å². The molecule has 0 aliphatic rings. The van der Waals surface area contributed by atoms with Crippen molar-refractivity contribution in [3.8, 4) is 5.82 Å². The molecule has 0 aliphatic carbocycles. The highest BCUT2D eigenvalue weighted by Crippen LogP contribution is 2.40. The topological polar surface area (TPSA) is 139 Å². The van der Waals surface area contributed by atoms with Crippen molar-refractivity contribution in [2.45, 2.75) is 11.4 Å². The molecule has 4 N–H and O–H groups in total. The van der Waals surface area contributed by atoms with Crippen LogP contribution in [0.4, 0.5) is 5.69 Å². The number of nitrogens with zero attached hydrogens (tertiary/aromatic N) is 3. The molecule has 178 valence electrons. The molecule has 2 aromatic heterocycles. The minimum Gasteiger partial charge on any atom is -0.326 e. The molecule has 0 unspecified atom stereocenters. The summed E-state index contributed by atoms with van der Waals surface area (Å²) >= 11 is 11.9. The molecule has 0 bridgehead atoms. The Labute approximate surface area is 205 Å². The predicted octanol–water partition coefficient (Wildman–Crippen LogP) is 4.12. The second-order valence-corrected chi connectivity index (χ2v) is 11.8. The van der Waals surface area contributed by atoms with E-state index in [0.29, 0.717) is 27.6 Å². The largest absolute Gasteiger partial charge is 0.345 e. The van der Waals surface area contributed by atoms with Gasteiger partial charge >= 0.3 is 7.60 Å². The van der Waals surface area contributed by atoms with Gasteiger partial charge in [-0.1, -0.05) is 23.2 Å². The summed E-state index contributed by atoms with van der Waals surface area (Å²) < 4.78 is 41.1. The monoisotopic (exact) mass is 540 g/mol. The Morgan fingerprint density at radius 1 is 1.03 bits per heavy atom. The molecular formula is C21H19Cl2N4O5PS. The number of benzene rings is 2. The second kappa shape index (κ2) is 9.31. The number of pyridine rings is 1. The van der Waals surface area contributed by atoms with E-state index in [0.717, 1.165) is 5.56 Å². The maximum atomic E-state index is 13.4. The van der Waals surface area contributed by atoms with Crippen LogP contribution in [0.3, 0.4) is 0 Å². The number of halogens is 2. The van der Waals surface area contributed by atoms with Crippen LogP contribution in [0.2, 0.25) is 10.0 Å². The van der Waals surface area contributed by atoms with Crippen LogP contribution >= 0.6 is 30.8 Å². The van der Waals surface area contributed by atoms with Crippen molar-refractivity contribution in [3.63, 3.8) is 0 Å². The predicted molar refractivity (Wildman–Crippen MR) is 132 cm³/mol. The van der Waals surface area contributed by atoms with Crippen molar-refractivity contribution in [2.75, 3.05) is 10.6 Å². The van der Waals surface area contributed by atoms with E-state index in [1.807, 2.05) is 6.07 Å². The van der Waals surface area contributed by atoms with Gasteiger partial charge in [-0.3, -0.25) is 8.87 Å². The average molecular weight is 541 g/mol. The third-order valence-electron chi connectivity index (χ3n) is 4.99. The smallest absolute Gasteiger partial charge is 0.326 e. The number of rotatable bonds is 7. The molecule has 13 heteroatoms. The maximum Gasteiger partial charge on any atom is 0.345 e. The molecule has 34 heavy (non-hydrogen) atoms. The summed E-state index contributed by atoms with van der Waals surface area (Å²) in [5.41, 5.74) is 7.38. The molecule has 9 nitrogen and oxygen atoms in total. The SMILES string of the molecule is NCc1ccnc(-n2ccc3cc(N(CP(=O)(O)O)S(=O)(=O)c4cc(Cl)cc(Cl)c4)ccc32)c1. The van der Waals surface area contributed by atoms with E-state index in [1.165, 1.54) is 30.3 Å². The van der Waals surface area contributed by atoms with Crippen molar-refractivity contribution in [3.05, 3.63) is 82.6 Å². The minimum atomic E-state index is -4.79. The first kappa shape index (κ1) is 24.7. The van der Waals surface area contributed by atoms with Gasteiger partial charge in [0, 0.05) is 34.4 Å². The van der Waals surface area contributed by atoms with Crippen LogP contribution in [0.5, 0.6) is 0 Å². The molecule has 4 rings (SSSR count). The van der Waals surface area contributed by atoms with Crippen LogP contribution in [0, 0.1) is 0 Å². The minimum absolute atomic E-state index is 0.0633. The van der Waals surface area contributed by atoms with Crippen LogP contribution in [0.1, 0.15) is 5.56 Å². The number of hydrogen-bond donors (Lipinski definition) is 3. The van der Waals surface area contributed by atoms with Gasteiger partial charge in [0.05, 0.1) is 16.1 Å². The first-order valence-electron chi connectivity index (χ1n) is 9.78. The van der Waals surface area contributed by atoms with Gasteiger partial charge in [-0.15, -0.1) is 0 Å². The zero-order chi connectivity index (χ0) is 24.7. The zero-order valence-electron chi connectivity index (χ0n) is 17.4. The molecule has 0 saturated carbocycles. The molecule has 0 saturated heterocycles. The van der Waals surface area contributed by atoms with E-state index < -0.39 is 23.9 Å². The highest BCUT2D eigenvalue weighted by atomic mass is 35.5. The Kier molecular flexibility index (Phi) is 6.76. The van der Waals surface area contributed by atoms with Crippen LogP contribution in [-0.4, -0.2) is 34.0 Å². The number of hydrogen-bond acceptors (Lipinski definition) is 5. The Morgan fingerprint density at radius 3 is 2.38 bits per heavy atom. The molecule has 0 radical (unpaired) electrons. The van der Waals surface area contributed by atoms with Gasteiger partial charge in [0.1, 0.15) is 12.1 Å². The molecule has 0 amide bonds. The van der Waals surface area contributed by atoms with E-state index in [9.17, 15) is 22.8 Å². The second-order valence-electron chi connectivity index (χ2n) is 7.42. The fraction of sp³-hybridized carbons (Fsp3) is 0.0952. The highest BCUT2D eigenvalue weighted by molar-refractivity contribution is 7.93. The Morgan fingerprint density at radius 2 is 1.74 bits per heavy atom. The van der Waals surface area contributed by atoms with Gasteiger partial charge in [0.15, 0.2) is 0 Å². The van der Waals surface area contributed by atoms with E-state index in [2.05, 4.69) is 4.98 Å². The number of nitrogens with two attached hydrogens (primary N) is 1. The lowest BCUT2D eigenvalue weighted by Gasteiger charge is -2.25. The van der Waals surface area contributed by atoms with Crippen molar-refractivity contribution < 1.29 is 22.8 Å². The fourth-order valence-electron chi connectivity index (χ4n) is 3.47. The fourth-order valence-corrected chi connectivity index (χ4v) is 6.88. The van der Waals surface area contributed by atoms with Gasteiger partial charge in [-0.2, -0.15) is 0 Å². The summed E-state index contributed by atoms with van der Waals surface area (Å²) in [7, 11) is -9.20. The lowest BCUT2D eigenvalue weighted by molar-refractivity contribution is 0.373. The highest BCUT2D eigenvalue weighted by Gasteiger charge is 2.32. The molecule has 0 aliphatic heterocycles. The quantitative estimate of drug-likeness (QED) is 0.299. The van der Waals surface area contributed by atoms with Gasteiger partial charge in [0.2, 0.25) is 0 Å². The standard InChI is InChI=1S/C21H19Cl2N4O5PS/c22-16-9-17(23)11-19(10-16)34(31,32)27(13-33(28,29)30)18-1-2-20-15(8-18)4-6-26(20)21-7-14(12-24)3-5-25-21/h1-11H,12-13,24H2,(H2,28,29,30). The summed E-state index contributed by atoms with van der Waals surface area (Å²) in [4.78, 5) is 23.3. The van der Waals surface area contributed by atoms with E-state index >= 15 is 0 Å². The third-order valence-corrected chi connectivity index (χ3v) is 8.02. The lowest BCUT2D eigenvalue weighted by atomic mass is 10.2. The molecule has 2 heterocycles. The summed E-state index contributed by atoms with van der Waals surface area (Å²) in [5.74, 6) is 0.624. The molecule has 0 fully saturated rings. The summed E-state index contributed by atoms with van der Waals surface area (Å²) in [6.45, 7) is 0.349.